The molecule has 1 saturated carbocycles. The van der Waals surface area contributed by atoms with Crippen molar-refractivity contribution in [1.29, 1.82) is 0 Å². The summed E-state index contributed by atoms with van der Waals surface area (Å²) in [5.41, 5.74) is 4.64. The normalized spacial score (nSPS) is 33.7. The summed E-state index contributed by atoms with van der Waals surface area (Å²) in [5, 5.41) is 3.71. The zero-order valence-corrected chi connectivity index (χ0v) is 10.6. The summed E-state index contributed by atoms with van der Waals surface area (Å²) in [6, 6.07) is 11.6. The summed E-state index contributed by atoms with van der Waals surface area (Å²) < 4.78 is 0. The van der Waals surface area contributed by atoms with E-state index >= 15 is 0 Å². The highest BCUT2D eigenvalue weighted by molar-refractivity contribution is 5.69. The SMILES string of the molecule is C1=C(c2ccccc2)CC2C(=C1)C1CCNC2C1. The van der Waals surface area contributed by atoms with Crippen LogP contribution in [-0.2, 0) is 0 Å². The number of piperidine rings is 1. The zero-order valence-electron chi connectivity index (χ0n) is 10.6. The Balaban J connectivity index is 1.68. The van der Waals surface area contributed by atoms with Crippen molar-refractivity contribution in [2.24, 2.45) is 11.8 Å². The molecule has 2 aliphatic carbocycles. The lowest BCUT2D eigenvalue weighted by molar-refractivity contribution is 0.371. The Hall–Kier alpha value is -1.34. The topological polar surface area (TPSA) is 12.0 Å². The first kappa shape index (κ1) is 10.6. The highest BCUT2D eigenvalue weighted by atomic mass is 14.9. The molecule has 1 saturated heterocycles. The molecule has 4 rings (SSSR count). The van der Waals surface area contributed by atoms with Gasteiger partial charge in [-0.05, 0) is 48.8 Å². The van der Waals surface area contributed by atoms with Crippen molar-refractivity contribution in [2.75, 3.05) is 6.54 Å². The summed E-state index contributed by atoms with van der Waals surface area (Å²) in [6.07, 6.45) is 8.72. The minimum absolute atomic E-state index is 0.738. The Bertz CT molecular complexity index is 512. The minimum Gasteiger partial charge on any atom is -0.313 e. The maximum atomic E-state index is 3.71. The molecule has 1 aliphatic heterocycles. The lowest BCUT2D eigenvalue weighted by Crippen LogP contribution is -2.35. The van der Waals surface area contributed by atoms with E-state index in [0.717, 1.165) is 17.9 Å². The highest BCUT2D eigenvalue weighted by Gasteiger charge is 2.41. The van der Waals surface area contributed by atoms with Crippen LogP contribution in [0.5, 0.6) is 0 Å². The van der Waals surface area contributed by atoms with Gasteiger partial charge in [0.1, 0.15) is 0 Å². The van der Waals surface area contributed by atoms with Gasteiger partial charge in [0, 0.05) is 6.04 Å². The Labute approximate surface area is 109 Å². The summed E-state index contributed by atoms with van der Waals surface area (Å²) in [4.78, 5) is 0. The molecule has 1 heterocycles. The van der Waals surface area contributed by atoms with Crippen molar-refractivity contribution in [2.45, 2.75) is 25.3 Å². The minimum atomic E-state index is 0.738. The third kappa shape index (κ3) is 1.58. The monoisotopic (exact) mass is 237 g/mol. The van der Waals surface area contributed by atoms with Crippen molar-refractivity contribution < 1.29 is 0 Å². The smallest absolute Gasteiger partial charge is 0.0142 e. The first-order valence-corrected chi connectivity index (χ1v) is 7.11. The number of hydrogen-bond donors (Lipinski definition) is 1. The van der Waals surface area contributed by atoms with E-state index < -0.39 is 0 Å². The van der Waals surface area contributed by atoms with Crippen LogP contribution in [0.15, 0.2) is 48.1 Å². The fourth-order valence-corrected chi connectivity index (χ4v) is 3.98. The molecule has 1 aromatic rings. The van der Waals surface area contributed by atoms with Crippen LogP contribution >= 0.6 is 0 Å². The number of allylic oxidation sites excluding steroid dienone is 3. The average Bonchev–Trinajstić information content (AvgIpc) is 2.71. The lowest BCUT2D eigenvalue weighted by atomic mass is 9.83. The van der Waals surface area contributed by atoms with Gasteiger partial charge in [0.05, 0.1) is 0 Å². The van der Waals surface area contributed by atoms with E-state index in [2.05, 4.69) is 47.8 Å². The third-order valence-corrected chi connectivity index (χ3v) is 4.88. The molecule has 1 nitrogen and oxygen atoms in total. The predicted molar refractivity (Wildman–Crippen MR) is 75.1 cm³/mol. The third-order valence-electron chi connectivity index (χ3n) is 4.88. The van der Waals surface area contributed by atoms with Crippen molar-refractivity contribution in [3.63, 3.8) is 0 Å². The van der Waals surface area contributed by atoms with E-state index in [-0.39, 0.29) is 0 Å². The molecule has 18 heavy (non-hydrogen) atoms. The number of fused-ring (bicyclic) bond motifs is 5. The fourth-order valence-electron chi connectivity index (χ4n) is 3.98. The van der Waals surface area contributed by atoms with Gasteiger partial charge >= 0.3 is 0 Å². The van der Waals surface area contributed by atoms with Gasteiger partial charge in [-0.25, -0.2) is 0 Å². The van der Waals surface area contributed by atoms with Crippen LogP contribution in [0.2, 0.25) is 0 Å². The summed E-state index contributed by atoms with van der Waals surface area (Å²) in [7, 11) is 0. The van der Waals surface area contributed by atoms with Gasteiger partial charge in [-0.2, -0.15) is 0 Å². The van der Waals surface area contributed by atoms with Gasteiger partial charge in [-0.3, -0.25) is 0 Å². The van der Waals surface area contributed by atoms with Crippen molar-refractivity contribution in [3.05, 3.63) is 53.6 Å². The molecular weight excluding hydrogens is 218 g/mol. The van der Waals surface area contributed by atoms with Crippen LogP contribution < -0.4 is 5.32 Å². The van der Waals surface area contributed by atoms with E-state index in [1.165, 1.54) is 36.9 Å². The highest BCUT2D eigenvalue weighted by Crippen LogP contribution is 2.47. The maximum Gasteiger partial charge on any atom is 0.0142 e. The van der Waals surface area contributed by atoms with E-state index in [4.69, 9.17) is 0 Å². The first-order chi connectivity index (χ1) is 8.92. The van der Waals surface area contributed by atoms with Crippen molar-refractivity contribution >= 4 is 5.57 Å². The molecule has 92 valence electrons. The Kier molecular flexibility index (Phi) is 2.41. The summed E-state index contributed by atoms with van der Waals surface area (Å²) >= 11 is 0. The quantitative estimate of drug-likeness (QED) is 0.789. The molecular formula is C17H19N. The Morgan fingerprint density at radius 3 is 2.83 bits per heavy atom. The molecule has 3 atom stereocenters. The van der Waals surface area contributed by atoms with Crippen LogP contribution in [0.25, 0.3) is 5.57 Å². The molecule has 0 radical (unpaired) electrons. The van der Waals surface area contributed by atoms with Crippen LogP contribution in [0, 0.1) is 11.8 Å². The molecule has 1 aromatic carbocycles. The molecule has 0 aromatic heterocycles. The number of nitrogens with one attached hydrogen (secondary N) is 1. The molecule has 1 heteroatoms. The lowest BCUT2D eigenvalue weighted by Gasteiger charge is -2.25. The van der Waals surface area contributed by atoms with Crippen LogP contribution in [0.3, 0.4) is 0 Å². The van der Waals surface area contributed by atoms with Crippen LogP contribution in [0.4, 0.5) is 0 Å². The summed E-state index contributed by atoms with van der Waals surface area (Å²) in [5.74, 6) is 1.63. The Morgan fingerprint density at radius 1 is 1.06 bits per heavy atom. The maximum absolute atomic E-state index is 3.71. The second-order valence-corrected chi connectivity index (χ2v) is 5.82. The van der Waals surface area contributed by atoms with Gasteiger partial charge in [0.2, 0.25) is 0 Å². The predicted octanol–water partition coefficient (Wildman–Crippen LogP) is 3.40. The molecule has 2 fully saturated rings. The second kappa shape index (κ2) is 4.10. The number of benzene rings is 1. The zero-order chi connectivity index (χ0) is 11.9. The van der Waals surface area contributed by atoms with Crippen molar-refractivity contribution in [3.8, 4) is 0 Å². The van der Waals surface area contributed by atoms with Gasteiger partial charge in [-0.15, -0.1) is 0 Å². The van der Waals surface area contributed by atoms with Crippen LogP contribution in [-0.4, -0.2) is 12.6 Å². The average molecular weight is 237 g/mol. The van der Waals surface area contributed by atoms with E-state index in [1.54, 1.807) is 5.57 Å². The summed E-state index contributed by atoms with van der Waals surface area (Å²) in [6.45, 7) is 1.21. The molecule has 1 N–H and O–H groups in total. The largest absolute Gasteiger partial charge is 0.313 e. The Morgan fingerprint density at radius 2 is 1.94 bits per heavy atom. The molecule has 0 spiro atoms. The van der Waals surface area contributed by atoms with Gasteiger partial charge in [0.15, 0.2) is 0 Å². The van der Waals surface area contributed by atoms with Gasteiger partial charge in [0.25, 0.3) is 0 Å². The van der Waals surface area contributed by atoms with E-state index in [0.29, 0.717) is 0 Å². The molecule has 2 bridgehead atoms. The van der Waals surface area contributed by atoms with E-state index in [1.807, 2.05) is 0 Å². The van der Waals surface area contributed by atoms with Crippen molar-refractivity contribution in [1.82, 2.24) is 5.32 Å². The molecule has 3 unspecified atom stereocenters. The number of rotatable bonds is 1. The fraction of sp³-hybridized carbons (Fsp3) is 0.412. The molecule has 3 aliphatic rings. The van der Waals surface area contributed by atoms with Crippen LogP contribution in [0.1, 0.15) is 24.8 Å². The number of hydrogen-bond acceptors (Lipinski definition) is 1. The van der Waals surface area contributed by atoms with E-state index in [9.17, 15) is 0 Å². The second-order valence-electron chi connectivity index (χ2n) is 5.82. The first-order valence-electron chi connectivity index (χ1n) is 7.11. The van der Waals surface area contributed by atoms with Gasteiger partial charge < -0.3 is 5.32 Å². The molecule has 0 amide bonds. The van der Waals surface area contributed by atoms with Gasteiger partial charge in [-0.1, -0.05) is 48.1 Å². The standard InChI is InChI=1S/C17H19N/c1-2-4-12(5-3-1)13-6-7-15-14-8-9-18-17(11-14)16(15)10-13/h1-7,14,16-18H,8-11H2.